The third-order valence-electron chi connectivity index (χ3n) is 2.76. The zero-order valence-electron chi connectivity index (χ0n) is 8.12. The van der Waals surface area contributed by atoms with E-state index in [4.69, 9.17) is 0 Å². The van der Waals surface area contributed by atoms with Gasteiger partial charge in [0.25, 0.3) is 0 Å². The van der Waals surface area contributed by atoms with Crippen LogP contribution < -0.4 is 0 Å². The summed E-state index contributed by atoms with van der Waals surface area (Å²) in [5.41, 5.74) is 4.07. The fourth-order valence-corrected chi connectivity index (χ4v) is 2.11. The summed E-state index contributed by atoms with van der Waals surface area (Å²) >= 11 is 0. The lowest BCUT2D eigenvalue weighted by molar-refractivity contribution is 1.46. The minimum Gasteiger partial charge on any atom is -0.0642 e. The predicted octanol–water partition coefficient (Wildman–Crippen LogP) is 3.81. The summed E-state index contributed by atoms with van der Waals surface area (Å²) in [6, 6.07) is 12.9. The smallest absolute Gasteiger partial charge is 0.0161 e. The molecule has 1 radical (unpaired) electrons. The molecular weight excluding hydrogens is 168 g/mol. The maximum atomic E-state index is 2.26. The second-order valence-corrected chi connectivity index (χ2v) is 3.82. The van der Waals surface area contributed by atoms with Crippen molar-refractivity contribution in [2.24, 2.45) is 0 Å². The quantitative estimate of drug-likeness (QED) is 0.577. The molecule has 1 aliphatic carbocycles. The van der Waals surface area contributed by atoms with Crippen molar-refractivity contribution >= 4 is 16.8 Å². The molecule has 0 aromatic heterocycles. The van der Waals surface area contributed by atoms with Crippen molar-refractivity contribution < 1.29 is 0 Å². The molecule has 0 heteroatoms. The number of rotatable bonds is 0. The van der Waals surface area contributed by atoms with Gasteiger partial charge in [-0.05, 0) is 28.8 Å². The first kappa shape index (κ1) is 7.81. The van der Waals surface area contributed by atoms with Crippen LogP contribution in [0.15, 0.2) is 42.0 Å². The molecule has 0 N–H and O–H groups in total. The first-order valence-electron chi connectivity index (χ1n) is 4.89. The molecule has 0 aliphatic heterocycles. The zero-order valence-corrected chi connectivity index (χ0v) is 8.12. The van der Waals surface area contributed by atoms with Gasteiger partial charge in [0.15, 0.2) is 0 Å². The van der Waals surface area contributed by atoms with Crippen LogP contribution >= 0.6 is 0 Å². The number of hydrogen-bond acceptors (Lipinski definition) is 0. The average Bonchev–Trinajstić information content (AvgIpc) is 2.59. The maximum Gasteiger partial charge on any atom is 0.0161 e. The standard InChI is InChI=1S/C14H11/c1-10-8-12-7-6-11-4-2-3-5-13(11)14(12)9-10/h2-9H,1H3. The van der Waals surface area contributed by atoms with E-state index in [1.54, 1.807) is 0 Å². The molecule has 0 heterocycles. The van der Waals surface area contributed by atoms with E-state index in [9.17, 15) is 0 Å². The molecule has 14 heavy (non-hydrogen) atoms. The van der Waals surface area contributed by atoms with E-state index in [1.807, 2.05) is 0 Å². The van der Waals surface area contributed by atoms with Gasteiger partial charge in [-0.1, -0.05) is 48.0 Å². The minimum absolute atomic E-state index is 1.32. The Labute approximate surface area is 83.9 Å². The van der Waals surface area contributed by atoms with Crippen LogP contribution in [0.2, 0.25) is 0 Å². The Morgan fingerprint density at radius 3 is 2.71 bits per heavy atom. The average molecular weight is 179 g/mol. The topological polar surface area (TPSA) is 0 Å². The highest BCUT2D eigenvalue weighted by Crippen LogP contribution is 2.32. The Balaban J connectivity index is 2.42. The van der Waals surface area contributed by atoms with Gasteiger partial charge in [-0.3, -0.25) is 0 Å². The molecule has 0 atom stereocenters. The summed E-state index contributed by atoms with van der Waals surface area (Å²) in [7, 11) is 0. The second kappa shape index (κ2) is 2.71. The van der Waals surface area contributed by atoms with Crippen LogP contribution in [-0.2, 0) is 0 Å². The van der Waals surface area contributed by atoms with Crippen LogP contribution in [0.4, 0.5) is 0 Å². The second-order valence-electron chi connectivity index (χ2n) is 3.82. The first-order chi connectivity index (χ1) is 6.84. The third kappa shape index (κ3) is 1.00. The van der Waals surface area contributed by atoms with Crippen LogP contribution in [-0.4, -0.2) is 0 Å². The lowest BCUT2D eigenvalue weighted by Crippen LogP contribution is -1.82. The Bertz CT molecular complexity index is 533. The van der Waals surface area contributed by atoms with E-state index < -0.39 is 0 Å². The van der Waals surface area contributed by atoms with E-state index in [2.05, 4.69) is 55.8 Å². The Morgan fingerprint density at radius 2 is 1.79 bits per heavy atom. The van der Waals surface area contributed by atoms with E-state index in [0.717, 1.165) is 0 Å². The van der Waals surface area contributed by atoms with E-state index in [-0.39, 0.29) is 0 Å². The fraction of sp³-hybridized carbons (Fsp3) is 0.0714. The number of hydrogen-bond donors (Lipinski definition) is 0. The molecule has 67 valence electrons. The summed E-state index contributed by atoms with van der Waals surface area (Å²) < 4.78 is 0. The lowest BCUT2D eigenvalue weighted by Gasteiger charge is -2.03. The monoisotopic (exact) mass is 179 g/mol. The van der Waals surface area contributed by atoms with E-state index in [0.29, 0.717) is 0 Å². The number of allylic oxidation sites excluding steroid dienone is 1. The lowest BCUT2D eigenvalue weighted by atomic mass is 10.0. The predicted molar refractivity (Wildman–Crippen MR) is 61.0 cm³/mol. The Hall–Kier alpha value is -1.56. The van der Waals surface area contributed by atoms with Gasteiger partial charge in [0, 0.05) is 6.42 Å². The van der Waals surface area contributed by atoms with Crippen LogP contribution in [0.1, 0.15) is 18.1 Å². The SMILES string of the molecule is CC1=Cc2c(ccc3ccccc23)[CH]1. The van der Waals surface area contributed by atoms with Gasteiger partial charge < -0.3 is 0 Å². The highest BCUT2D eigenvalue weighted by Gasteiger charge is 2.11. The van der Waals surface area contributed by atoms with Crippen LogP contribution in [0.3, 0.4) is 0 Å². The van der Waals surface area contributed by atoms with E-state index >= 15 is 0 Å². The molecule has 0 amide bonds. The molecule has 0 fully saturated rings. The highest BCUT2D eigenvalue weighted by molar-refractivity contribution is 5.95. The van der Waals surface area contributed by atoms with Gasteiger partial charge in [0.2, 0.25) is 0 Å². The molecule has 0 nitrogen and oxygen atoms in total. The summed E-state index contributed by atoms with van der Waals surface area (Å²) in [6.45, 7) is 2.15. The summed E-state index contributed by atoms with van der Waals surface area (Å²) in [5, 5.41) is 2.68. The van der Waals surface area contributed by atoms with Crippen molar-refractivity contribution in [2.75, 3.05) is 0 Å². The molecule has 0 unspecified atom stereocenters. The molecule has 0 bridgehead atoms. The van der Waals surface area contributed by atoms with Gasteiger partial charge in [0.1, 0.15) is 0 Å². The van der Waals surface area contributed by atoms with E-state index in [1.165, 1.54) is 27.5 Å². The number of benzene rings is 2. The Kier molecular flexibility index (Phi) is 1.51. The van der Waals surface area contributed by atoms with Gasteiger partial charge in [-0.15, -0.1) is 0 Å². The van der Waals surface area contributed by atoms with Crippen molar-refractivity contribution in [1.82, 2.24) is 0 Å². The van der Waals surface area contributed by atoms with Crippen molar-refractivity contribution in [3.8, 4) is 0 Å². The molecule has 2 aromatic carbocycles. The highest BCUT2D eigenvalue weighted by atomic mass is 14.2. The number of fused-ring (bicyclic) bond motifs is 3. The summed E-state index contributed by atoms with van der Waals surface area (Å²) in [4.78, 5) is 0. The minimum atomic E-state index is 1.32. The third-order valence-corrected chi connectivity index (χ3v) is 2.76. The largest absolute Gasteiger partial charge is 0.0642 e. The summed E-state index contributed by atoms with van der Waals surface area (Å²) in [6.07, 6.45) is 4.50. The molecule has 1 aliphatic rings. The molecular formula is C14H11. The molecule has 0 saturated carbocycles. The van der Waals surface area contributed by atoms with Crippen LogP contribution in [0.5, 0.6) is 0 Å². The Morgan fingerprint density at radius 1 is 0.929 bits per heavy atom. The van der Waals surface area contributed by atoms with Crippen molar-refractivity contribution in [2.45, 2.75) is 6.92 Å². The maximum absolute atomic E-state index is 2.26. The van der Waals surface area contributed by atoms with Crippen LogP contribution in [0, 0.1) is 6.42 Å². The van der Waals surface area contributed by atoms with Gasteiger partial charge in [0.05, 0.1) is 0 Å². The van der Waals surface area contributed by atoms with Crippen LogP contribution in [0.25, 0.3) is 16.8 Å². The van der Waals surface area contributed by atoms with Crippen molar-refractivity contribution in [3.63, 3.8) is 0 Å². The van der Waals surface area contributed by atoms with Crippen molar-refractivity contribution in [1.29, 1.82) is 0 Å². The van der Waals surface area contributed by atoms with Gasteiger partial charge >= 0.3 is 0 Å². The molecule has 3 rings (SSSR count). The normalized spacial score (nSPS) is 14.2. The first-order valence-corrected chi connectivity index (χ1v) is 4.89. The molecule has 0 saturated heterocycles. The molecule has 0 spiro atoms. The van der Waals surface area contributed by atoms with Crippen molar-refractivity contribution in [3.05, 3.63) is 59.5 Å². The summed E-state index contributed by atoms with van der Waals surface area (Å²) in [5.74, 6) is 0. The zero-order chi connectivity index (χ0) is 9.54. The molecule has 2 aromatic rings. The van der Waals surface area contributed by atoms with Gasteiger partial charge in [-0.25, -0.2) is 0 Å². The fourth-order valence-electron chi connectivity index (χ4n) is 2.11. The van der Waals surface area contributed by atoms with Gasteiger partial charge in [-0.2, -0.15) is 0 Å².